The van der Waals surface area contributed by atoms with E-state index in [0.717, 1.165) is 17.0 Å². The minimum atomic E-state index is -0.0828. The second kappa shape index (κ2) is 8.92. The SMILES string of the molecule is CCOc1ccc(-n2c(SCC(=O)NC)nnc2-c2ccccc2Cl)cc1. The van der Waals surface area contributed by atoms with Crippen LogP contribution in [0.2, 0.25) is 5.02 Å². The van der Waals surface area contributed by atoms with Crippen LogP contribution >= 0.6 is 23.4 Å². The van der Waals surface area contributed by atoms with Gasteiger partial charge < -0.3 is 10.1 Å². The molecule has 3 rings (SSSR count). The lowest BCUT2D eigenvalue weighted by molar-refractivity contribution is -0.118. The van der Waals surface area contributed by atoms with E-state index in [1.807, 2.05) is 60.0 Å². The van der Waals surface area contributed by atoms with Crippen molar-refractivity contribution < 1.29 is 9.53 Å². The summed E-state index contributed by atoms with van der Waals surface area (Å²) in [6.45, 7) is 2.54. The minimum absolute atomic E-state index is 0.0828. The lowest BCUT2D eigenvalue weighted by atomic mass is 10.2. The molecule has 1 amide bonds. The topological polar surface area (TPSA) is 69.0 Å². The van der Waals surface area contributed by atoms with E-state index in [4.69, 9.17) is 16.3 Å². The van der Waals surface area contributed by atoms with Crippen LogP contribution in [0, 0.1) is 0 Å². The fourth-order valence-electron chi connectivity index (χ4n) is 2.47. The molecule has 0 bridgehead atoms. The van der Waals surface area contributed by atoms with Gasteiger partial charge in [-0.25, -0.2) is 0 Å². The highest BCUT2D eigenvalue weighted by Gasteiger charge is 2.18. The van der Waals surface area contributed by atoms with Gasteiger partial charge in [0.25, 0.3) is 0 Å². The van der Waals surface area contributed by atoms with Crippen LogP contribution in [-0.2, 0) is 4.79 Å². The number of nitrogens with one attached hydrogen (secondary N) is 1. The number of halogens is 1. The predicted octanol–water partition coefficient (Wildman–Crippen LogP) is 3.82. The van der Waals surface area contributed by atoms with E-state index < -0.39 is 0 Å². The molecule has 0 radical (unpaired) electrons. The second-order valence-corrected chi connectivity index (χ2v) is 6.86. The largest absolute Gasteiger partial charge is 0.494 e. The molecule has 8 heteroatoms. The molecule has 0 atom stereocenters. The molecule has 0 fully saturated rings. The number of carbonyl (C=O) groups is 1. The molecule has 0 unspecified atom stereocenters. The first kappa shape index (κ1) is 19.3. The highest BCUT2D eigenvalue weighted by Crippen LogP contribution is 2.32. The maximum atomic E-state index is 11.7. The Hall–Kier alpha value is -2.51. The first-order chi connectivity index (χ1) is 13.1. The molecule has 0 saturated heterocycles. The average Bonchev–Trinajstić information content (AvgIpc) is 3.11. The molecule has 1 aromatic heterocycles. The van der Waals surface area contributed by atoms with Crippen molar-refractivity contribution in [3.05, 3.63) is 53.6 Å². The molecule has 0 spiro atoms. The first-order valence-corrected chi connectivity index (χ1v) is 9.77. The van der Waals surface area contributed by atoms with E-state index in [1.54, 1.807) is 7.05 Å². The molecule has 0 aliphatic carbocycles. The average molecular weight is 403 g/mol. The van der Waals surface area contributed by atoms with Crippen molar-refractivity contribution in [2.24, 2.45) is 0 Å². The summed E-state index contributed by atoms with van der Waals surface area (Å²) < 4.78 is 7.41. The summed E-state index contributed by atoms with van der Waals surface area (Å²) in [5.41, 5.74) is 1.63. The van der Waals surface area contributed by atoms with Gasteiger partial charge in [-0.2, -0.15) is 0 Å². The summed E-state index contributed by atoms with van der Waals surface area (Å²) in [5, 5.41) is 12.4. The third-order valence-corrected chi connectivity index (χ3v) is 5.02. The van der Waals surface area contributed by atoms with Gasteiger partial charge in [-0.3, -0.25) is 9.36 Å². The van der Waals surface area contributed by atoms with Crippen molar-refractivity contribution in [3.63, 3.8) is 0 Å². The Morgan fingerprint density at radius 3 is 2.59 bits per heavy atom. The third-order valence-electron chi connectivity index (χ3n) is 3.77. The second-order valence-electron chi connectivity index (χ2n) is 5.51. The molecule has 2 aromatic carbocycles. The van der Waals surface area contributed by atoms with Crippen molar-refractivity contribution in [3.8, 4) is 22.8 Å². The van der Waals surface area contributed by atoms with Crippen LogP contribution in [-0.4, -0.2) is 40.1 Å². The molecule has 6 nitrogen and oxygen atoms in total. The highest BCUT2D eigenvalue weighted by molar-refractivity contribution is 7.99. The maximum absolute atomic E-state index is 11.7. The maximum Gasteiger partial charge on any atom is 0.230 e. The van der Waals surface area contributed by atoms with Gasteiger partial charge in [-0.15, -0.1) is 10.2 Å². The summed E-state index contributed by atoms with van der Waals surface area (Å²) in [6, 6.07) is 15.1. The Balaban J connectivity index is 2.05. The smallest absolute Gasteiger partial charge is 0.230 e. The zero-order valence-electron chi connectivity index (χ0n) is 15.0. The van der Waals surface area contributed by atoms with E-state index in [0.29, 0.717) is 22.6 Å². The van der Waals surface area contributed by atoms with E-state index in [1.165, 1.54) is 11.8 Å². The van der Waals surface area contributed by atoms with E-state index in [-0.39, 0.29) is 11.7 Å². The fourth-order valence-corrected chi connectivity index (χ4v) is 3.52. The standard InChI is InChI=1S/C19H19ClN4O2S/c1-3-26-14-10-8-13(9-11-14)24-18(15-6-4-5-7-16(15)20)22-23-19(24)27-12-17(25)21-2/h4-11H,3,12H2,1-2H3,(H,21,25). The fraction of sp³-hybridized carbons (Fsp3) is 0.211. The number of rotatable bonds is 7. The van der Waals surface area contributed by atoms with Crippen LogP contribution in [0.3, 0.4) is 0 Å². The van der Waals surface area contributed by atoms with Crippen LogP contribution < -0.4 is 10.1 Å². The Bertz CT molecular complexity index is 928. The molecule has 140 valence electrons. The summed E-state index contributed by atoms with van der Waals surface area (Å²) in [4.78, 5) is 11.7. The molecular weight excluding hydrogens is 384 g/mol. The molecule has 0 saturated carbocycles. The van der Waals surface area contributed by atoms with E-state index >= 15 is 0 Å². The number of hydrogen-bond donors (Lipinski definition) is 1. The monoisotopic (exact) mass is 402 g/mol. The Morgan fingerprint density at radius 2 is 1.93 bits per heavy atom. The van der Waals surface area contributed by atoms with Crippen LogP contribution in [0.25, 0.3) is 17.1 Å². The highest BCUT2D eigenvalue weighted by atomic mass is 35.5. The van der Waals surface area contributed by atoms with Crippen molar-refractivity contribution in [2.45, 2.75) is 12.1 Å². The van der Waals surface area contributed by atoms with Gasteiger partial charge in [0, 0.05) is 18.3 Å². The molecule has 1 N–H and O–H groups in total. The van der Waals surface area contributed by atoms with Gasteiger partial charge in [-0.1, -0.05) is 35.5 Å². The number of thioether (sulfide) groups is 1. The van der Waals surface area contributed by atoms with Crippen molar-refractivity contribution in [2.75, 3.05) is 19.4 Å². The molecule has 0 aliphatic rings. The number of amides is 1. The lowest BCUT2D eigenvalue weighted by Gasteiger charge is -2.12. The Kier molecular flexibility index (Phi) is 6.36. The molecular formula is C19H19ClN4O2S. The van der Waals surface area contributed by atoms with Crippen LogP contribution in [0.1, 0.15) is 6.92 Å². The first-order valence-electron chi connectivity index (χ1n) is 8.41. The van der Waals surface area contributed by atoms with Crippen LogP contribution in [0.15, 0.2) is 53.7 Å². The lowest BCUT2D eigenvalue weighted by Crippen LogP contribution is -2.20. The molecule has 1 heterocycles. The number of nitrogens with zero attached hydrogens (tertiary/aromatic N) is 3. The summed E-state index contributed by atoms with van der Waals surface area (Å²) in [7, 11) is 1.61. The Labute approximate surface area is 166 Å². The summed E-state index contributed by atoms with van der Waals surface area (Å²) in [6.07, 6.45) is 0. The van der Waals surface area contributed by atoms with Gasteiger partial charge in [0.05, 0.1) is 17.4 Å². The summed E-state index contributed by atoms with van der Waals surface area (Å²) in [5.74, 6) is 1.56. The predicted molar refractivity (Wildman–Crippen MR) is 108 cm³/mol. The summed E-state index contributed by atoms with van der Waals surface area (Å²) >= 11 is 7.69. The number of ether oxygens (including phenoxy) is 1. The van der Waals surface area contributed by atoms with E-state index in [2.05, 4.69) is 15.5 Å². The van der Waals surface area contributed by atoms with Gasteiger partial charge in [-0.05, 0) is 43.3 Å². The van der Waals surface area contributed by atoms with Gasteiger partial charge >= 0.3 is 0 Å². The van der Waals surface area contributed by atoms with Crippen LogP contribution in [0.4, 0.5) is 0 Å². The normalized spacial score (nSPS) is 10.6. The Morgan fingerprint density at radius 1 is 1.19 bits per heavy atom. The van der Waals surface area contributed by atoms with Crippen molar-refractivity contribution >= 4 is 29.3 Å². The molecule has 27 heavy (non-hydrogen) atoms. The zero-order valence-corrected chi connectivity index (χ0v) is 16.5. The van der Waals surface area contributed by atoms with Gasteiger partial charge in [0.15, 0.2) is 11.0 Å². The molecule has 0 aliphatic heterocycles. The number of benzene rings is 2. The minimum Gasteiger partial charge on any atom is -0.494 e. The number of aromatic nitrogens is 3. The van der Waals surface area contributed by atoms with E-state index in [9.17, 15) is 4.79 Å². The van der Waals surface area contributed by atoms with Crippen molar-refractivity contribution in [1.29, 1.82) is 0 Å². The van der Waals surface area contributed by atoms with Crippen molar-refractivity contribution in [1.82, 2.24) is 20.1 Å². The number of hydrogen-bond acceptors (Lipinski definition) is 5. The van der Waals surface area contributed by atoms with Crippen LogP contribution in [0.5, 0.6) is 5.75 Å². The van der Waals surface area contributed by atoms with Gasteiger partial charge in [0.2, 0.25) is 5.91 Å². The quantitative estimate of drug-likeness (QED) is 0.608. The van der Waals surface area contributed by atoms with Gasteiger partial charge in [0.1, 0.15) is 5.75 Å². The third kappa shape index (κ3) is 4.43. The number of carbonyl (C=O) groups excluding carboxylic acids is 1. The molecule has 3 aromatic rings. The zero-order chi connectivity index (χ0) is 19.2.